The minimum Gasteiger partial charge on any atom is -0.368 e. The molecule has 1 saturated carbocycles. The molecule has 0 aliphatic heterocycles. The minimum atomic E-state index is 0.266. The number of rotatable bonds is 4. The standard InChI is InChI=1S/C14H24N4/c1-12-5-4-7-14(9-12,18(2)3)10-16-13-6-8-15-11-17-13/h6,8,11-12H,4-5,7,9-10H2,1-3H3,(H,15,16,17). The number of hydrogen-bond donors (Lipinski definition) is 1. The number of likely N-dealkylation sites (N-methyl/N-ethyl adjacent to an activating group) is 1. The first kappa shape index (κ1) is 13.3. The Balaban J connectivity index is 2.02. The van der Waals surface area contributed by atoms with E-state index in [2.05, 4.69) is 41.2 Å². The lowest BCUT2D eigenvalue weighted by molar-refractivity contribution is 0.0881. The van der Waals surface area contributed by atoms with E-state index in [4.69, 9.17) is 0 Å². The lowest BCUT2D eigenvalue weighted by Crippen LogP contribution is -2.52. The molecule has 1 N–H and O–H groups in total. The molecule has 1 aliphatic carbocycles. The summed E-state index contributed by atoms with van der Waals surface area (Å²) in [6, 6.07) is 1.93. The van der Waals surface area contributed by atoms with Crippen molar-refractivity contribution in [3.63, 3.8) is 0 Å². The van der Waals surface area contributed by atoms with Crippen molar-refractivity contribution in [3.05, 3.63) is 18.6 Å². The first-order valence-electron chi connectivity index (χ1n) is 6.80. The van der Waals surface area contributed by atoms with Gasteiger partial charge in [-0.1, -0.05) is 19.8 Å². The van der Waals surface area contributed by atoms with Crippen LogP contribution in [0.4, 0.5) is 5.82 Å². The van der Waals surface area contributed by atoms with Crippen molar-refractivity contribution in [2.24, 2.45) is 5.92 Å². The molecule has 0 spiro atoms. The Bertz CT molecular complexity index is 365. The molecule has 0 radical (unpaired) electrons. The van der Waals surface area contributed by atoms with E-state index in [-0.39, 0.29) is 5.54 Å². The molecule has 1 aromatic heterocycles. The first-order valence-corrected chi connectivity index (χ1v) is 6.80. The van der Waals surface area contributed by atoms with E-state index < -0.39 is 0 Å². The van der Waals surface area contributed by atoms with Crippen LogP contribution in [0.2, 0.25) is 0 Å². The molecule has 1 heterocycles. The zero-order valence-electron chi connectivity index (χ0n) is 11.7. The van der Waals surface area contributed by atoms with Gasteiger partial charge in [-0.25, -0.2) is 9.97 Å². The molecule has 1 fully saturated rings. The Kier molecular flexibility index (Phi) is 4.17. The lowest BCUT2D eigenvalue weighted by Gasteiger charge is -2.45. The molecule has 2 atom stereocenters. The van der Waals surface area contributed by atoms with E-state index in [9.17, 15) is 0 Å². The third-order valence-electron chi connectivity index (χ3n) is 4.20. The van der Waals surface area contributed by atoms with Gasteiger partial charge in [0.15, 0.2) is 0 Å². The Hall–Kier alpha value is -1.16. The average molecular weight is 248 g/mol. The van der Waals surface area contributed by atoms with Crippen LogP contribution in [-0.2, 0) is 0 Å². The van der Waals surface area contributed by atoms with Crippen LogP contribution < -0.4 is 5.32 Å². The van der Waals surface area contributed by atoms with Gasteiger partial charge in [0.25, 0.3) is 0 Å². The molecule has 2 rings (SSSR count). The van der Waals surface area contributed by atoms with Gasteiger partial charge < -0.3 is 10.2 Å². The van der Waals surface area contributed by atoms with E-state index in [1.165, 1.54) is 25.7 Å². The van der Waals surface area contributed by atoms with Crippen LogP contribution in [-0.4, -0.2) is 41.0 Å². The highest BCUT2D eigenvalue weighted by Crippen LogP contribution is 2.35. The number of nitrogens with one attached hydrogen (secondary N) is 1. The third-order valence-corrected chi connectivity index (χ3v) is 4.20. The molecule has 0 amide bonds. The average Bonchev–Trinajstić information content (AvgIpc) is 2.37. The van der Waals surface area contributed by atoms with Crippen molar-refractivity contribution in [2.45, 2.75) is 38.1 Å². The molecule has 2 unspecified atom stereocenters. The molecule has 100 valence electrons. The summed E-state index contributed by atoms with van der Waals surface area (Å²) in [4.78, 5) is 10.6. The highest BCUT2D eigenvalue weighted by Gasteiger charge is 2.36. The van der Waals surface area contributed by atoms with E-state index in [1.807, 2.05) is 6.07 Å². The second-order valence-corrected chi connectivity index (χ2v) is 5.77. The van der Waals surface area contributed by atoms with E-state index in [0.29, 0.717) is 0 Å². The van der Waals surface area contributed by atoms with Crippen LogP contribution in [0.3, 0.4) is 0 Å². The monoisotopic (exact) mass is 248 g/mol. The fourth-order valence-corrected chi connectivity index (χ4v) is 3.01. The van der Waals surface area contributed by atoms with Gasteiger partial charge in [0, 0.05) is 18.3 Å². The molecule has 0 saturated heterocycles. The highest BCUT2D eigenvalue weighted by molar-refractivity contribution is 5.32. The Morgan fingerprint density at radius 3 is 2.94 bits per heavy atom. The molecular weight excluding hydrogens is 224 g/mol. The normalized spacial score (nSPS) is 28.3. The summed E-state index contributed by atoms with van der Waals surface area (Å²) in [5.41, 5.74) is 0.266. The number of aromatic nitrogens is 2. The summed E-state index contributed by atoms with van der Waals surface area (Å²) in [5, 5.41) is 3.46. The molecule has 4 nitrogen and oxygen atoms in total. The largest absolute Gasteiger partial charge is 0.368 e. The van der Waals surface area contributed by atoms with Gasteiger partial charge in [-0.3, -0.25) is 0 Å². The lowest BCUT2D eigenvalue weighted by atomic mass is 9.75. The minimum absolute atomic E-state index is 0.266. The maximum atomic E-state index is 4.23. The molecule has 1 aromatic rings. The predicted octanol–water partition coefficient (Wildman–Crippen LogP) is 2.40. The SMILES string of the molecule is CC1CCCC(CNc2ccncn2)(N(C)C)C1. The van der Waals surface area contributed by atoms with Gasteiger partial charge >= 0.3 is 0 Å². The molecule has 1 aliphatic rings. The first-order chi connectivity index (χ1) is 8.62. The number of hydrogen-bond acceptors (Lipinski definition) is 4. The Morgan fingerprint density at radius 1 is 1.50 bits per heavy atom. The van der Waals surface area contributed by atoms with Gasteiger partial charge in [0.1, 0.15) is 12.1 Å². The van der Waals surface area contributed by atoms with Crippen molar-refractivity contribution in [2.75, 3.05) is 26.0 Å². The topological polar surface area (TPSA) is 41.1 Å². The zero-order valence-corrected chi connectivity index (χ0v) is 11.7. The molecule has 18 heavy (non-hydrogen) atoms. The maximum absolute atomic E-state index is 4.23. The van der Waals surface area contributed by atoms with Gasteiger partial charge in [-0.2, -0.15) is 0 Å². The van der Waals surface area contributed by atoms with Crippen LogP contribution in [0.25, 0.3) is 0 Å². The van der Waals surface area contributed by atoms with Gasteiger partial charge in [0.2, 0.25) is 0 Å². The van der Waals surface area contributed by atoms with Gasteiger partial charge in [-0.15, -0.1) is 0 Å². The third kappa shape index (κ3) is 2.99. The van der Waals surface area contributed by atoms with E-state index in [1.54, 1.807) is 12.5 Å². The van der Waals surface area contributed by atoms with Gasteiger partial charge in [0.05, 0.1) is 0 Å². The van der Waals surface area contributed by atoms with Crippen molar-refractivity contribution < 1.29 is 0 Å². The van der Waals surface area contributed by atoms with Crippen LogP contribution >= 0.6 is 0 Å². The van der Waals surface area contributed by atoms with Crippen LogP contribution in [0.1, 0.15) is 32.6 Å². The van der Waals surface area contributed by atoms with Crippen molar-refractivity contribution in [1.82, 2.24) is 14.9 Å². The van der Waals surface area contributed by atoms with Crippen LogP contribution in [0, 0.1) is 5.92 Å². The Labute approximate surface area is 110 Å². The summed E-state index contributed by atoms with van der Waals surface area (Å²) in [5.74, 6) is 1.73. The summed E-state index contributed by atoms with van der Waals surface area (Å²) in [7, 11) is 4.39. The molecular formula is C14H24N4. The van der Waals surface area contributed by atoms with Crippen molar-refractivity contribution in [3.8, 4) is 0 Å². The summed E-state index contributed by atoms with van der Waals surface area (Å²) in [6.07, 6.45) is 8.59. The second-order valence-electron chi connectivity index (χ2n) is 5.77. The van der Waals surface area contributed by atoms with Crippen LogP contribution in [0.15, 0.2) is 18.6 Å². The van der Waals surface area contributed by atoms with E-state index in [0.717, 1.165) is 18.3 Å². The fraction of sp³-hybridized carbons (Fsp3) is 0.714. The fourth-order valence-electron chi connectivity index (χ4n) is 3.01. The predicted molar refractivity (Wildman–Crippen MR) is 74.6 cm³/mol. The summed E-state index contributed by atoms with van der Waals surface area (Å²) >= 11 is 0. The summed E-state index contributed by atoms with van der Waals surface area (Å²) in [6.45, 7) is 3.32. The Morgan fingerprint density at radius 2 is 2.33 bits per heavy atom. The van der Waals surface area contributed by atoms with E-state index >= 15 is 0 Å². The van der Waals surface area contributed by atoms with Crippen molar-refractivity contribution in [1.29, 1.82) is 0 Å². The van der Waals surface area contributed by atoms with Crippen molar-refractivity contribution >= 4 is 5.82 Å². The van der Waals surface area contributed by atoms with Crippen LogP contribution in [0.5, 0.6) is 0 Å². The smallest absolute Gasteiger partial charge is 0.129 e. The molecule has 4 heteroatoms. The maximum Gasteiger partial charge on any atom is 0.129 e. The zero-order chi connectivity index (χ0) is 13.0. The van der Waals surface area contributed by atoms with Gasteiger partial charge in [-0.05, 0) is 38.9 Å². The second kappa shape index (κ2) is 5.65. The number of anilines is 1. The highest BCUT2D eigenvalue weighted by atomic mass is 15.2. The summed E-state index contributed by atoms with van der Waals surface area (Å²) < 4.78 is 0. The number of nitrogens with zero attached hydrogens (tertiary/aromatic N) is 3. The molecule has 0 bridgehead atoms. The quantitative estimate of drug-likeness (QED) is 0.888. The molecule has 0 aromatic carbocycles.